The third-order valence-corrected chi connectivity index (χ3v) is 7.30. The van der Waals surface area contributed by atoms with Crippen LogP contribution in [0.2, 0.25) is 0 Å². The molecule has 1 fully saturated rings. The van der Waals surface area contributed by atoms with Gasteiger partial charge in [-0.15, -0.1) is 0 Å². The lowest BCUT2D eigenvalue weighted by Crippen LogP contribution is -2.44. The van der Waals surface area contributed by atoms with Crippen molar-refractivity contribution in [3.8, 4) is 17.0 Å². The number of imidazole rings is 1. The number of hydrogen-bond acceptors (Lipinski definition) is 6. The average molecular weight is 569 g/mol. The summed E-state index contributed by atoms with van der Waals surface area (Å²) in [7, 11) is 2.77. The quantitative estimate of drug-likeness (QED) is 0.364. The summed E-state index contributed by atoms with van der Waals surface area (Å²) in [6, 6.07) is 7.72. The second-order valence-corrected chi connectivity index (χ2v) is 9.80. The van der Waals surface area contributed by atoms with E-state index in [4.69, 9.17) is 10.5 Å². The minimum Gasteiger partial charge on any atom is -0.494 e. The highest BCUT2D eigenvalue weighted by atomic mass is 19.2. The Morgan fingerprint density at radius 3 is 2.51 bits per heavy atom. The zero-order valence-electron chi connectivity index (χ0n) is 23.3. The lowest BCUT2D eigenvalue weighted by Gasteiger charge is -2.32. The lowest BCUT2D eigenvalue weighted by atomic mass is 9.94. The third-order valence-electron chi connectivity index (χ3n) is 7.30. The first-order chi connectivity index (χ1) is 19.7. The highest BCUT2D eigenvalue weighted by Crippen LogP contribution is 2.30. The summed E-state index contributed by atoms with van der Waals surface area (Å²) >= 11 is 0. The maximum Gasteiger partial charge on any atom is 0.291 e. The molecule has 0 saturated carbocycles. The molecule has 0 bridgehead atoms. The number of anilines is 1. The molecule has 0 spiro atoms. The van der Waals surface area contributed by atoms with Crippen LogP contribution in [0.25, 0.3) is 11.3 Å². The van der Waals surface area contributed by atoms with E-state index in [2.05, 4.69) is 15.6 Å². The summed E-state index contributed by atoms with van der Waals surface area (Å²) < 4.78 is 35.1. The number of nitrogens with zero attached hydrogens (tertiary/aromatic N) is 3. The summed E-state index contributed by atoms with van der Waals surface area (Å²) in [4.78, 5) is 44.5. The maximum absolute atomic E-state index is 14.6. The van der Waals surface area contributed by atoms with E-state index in [0.29, 0.717) is 56.7 Å². The van der Waals surface area contributed by atoms with Crippen molar-refractivity contribution >= 4 is 23.4 Å². The number of hydrogen-bond donors (Lipinski definition) is 3. The Hall–Kier alpha value is -4.32. The number of nitrogens with one attached hydrogen (secondary N) is 2. The predicted molar refractivity (Wildman–Crippen MR) is 150 cm³/mol. The van der Waals surface area contributed by atoms with Gasteiger partial charge in [0.2, 0.25) is 11.7 Å². The second kappa shape index (κ2) is 12.9. The molecule has 0 atom stereocenters. The monoisotopic (exact) mass is 568 g/mol. The van der Waals surface area contributed by atoms with Crippen LogP contribution in [0.15, 0.2) is 36.5 Å². The van der Waals surface area contributed by atoms with Gasteiger partial charge in [-0.25, -0.2) is 9.37 Å². The Kier molecular flexibility index (Phi) is 9.33. The lowest BCUT2D eigenvalue weighted by molar-refractivity contribution is -0.126. The van der Waals surface area contributed by atoms with Crippen molar-refractivity contribution in [2.24, 2.45) is 18.7 Å². The number of aryl methyl sites for hydroxylation is 1. The summed E-state index contributed by atoms with van der Waals surface area (Å²) in [5, 5.41) is 5.58. The number of benzene rings is 2. The first-order valence-corrected chi connectivity index (χ1v) is 13.5. The molecule has 2 heterocycles. The van der Waals surface area contributed by atoms with Gasteiger partial charge in [0.1, 0.15) is 0 Å². The number of ether oxygens (including phenoxy) is 1. The van der Waals surface area contributed by atoms with Gasteiger partial charge >= 0.3 is 0 Å². The fourth-order valence-corrected chi connectivity index (χ4v) is 4.97. The number of amides is 3. The standard InChI is InChI=1S/C29H34F2N6O4/c1-4-17-15-19(5-6-20(17)29(40)37-13-9-18(10-14-37)27(38)33-12-11-32)35-28(39)26-34-16-22(36(26)2)21-7-8-23(41-3)25(31)24(21)30/h5-8,15-16,18H,4,9-14,32H2,1-3H3,(H,33,38)(H,35,39). The zero-order valence-corrected chi connectivity index (χ0v) is 23.3. The van der Waals surface area contributed by atoms with Gasteiger partial charge in [0.15, 0.2) is 17.4 Å². The predicted octanol–water partition coefficient (Wildman–Crippen LogP) is 3.12. The van der Waals surface area contributed by atoms with Crippen molar-refractivity contribution < 1.29 is 27.9 Å². The van der Waals surface area contributed by atoms with Gasteiger partial charge in [-0.2, -0.15) is 4.39 Å². The number of rotatable bonds is 9. The van der Waals surface area contributed by atoms with E-state index in [1.807, 2.05) is 6.92 Å². The number of piperidine rings is 1. The summed E-state index contributed by atoms with van der Waals surface area (Å²) in [5.41, 5.74) is 7.36. The van der Waals surface area contributed by atoms with Crippen LogP contribution in [-0.2, 0) is 18.3 Å². The van der Waals surface area contributed by atoms with E-state index in [0.717, 1.165) is 5.56 Å². The van der Waals surface area contributed by atoms with E-state index < -0.39 is 17.5 Å². The van der Waals surface area contributed by atoms with E-state index in [1.165, 1.54) is 37.1 Å². The second-order valence-electron chi connectivity index (χ2n) is 9.80. The molecule has 1 aliphatic rings. The van der Waals surface area contributed by atoms with Crippen molar-refractivity contribution in [2.75, 3.05) is 38.6 Å². The largest absolute Gasteiger partial charge is 0.494 e. The number of nitrogens with two attached hydrogens (primary N) is 1. The van der Waals surface area contributed by atoms with Gasteiger partial charge in [0.25, 0.3) is 11.8 Å². The van der Waals surface area contributed by atoms with Gasteiger partial charge in [-0.3, -0.25) is 14.4 Å². The molecular formula is C29H34F2N6O4. The molecule has 218 valence electrons. The number of methoxy groups -OCH3 is 1. The fraction of sp³-hybridized carbons (Fsp3) is 0.379. The Balaban J connectivity index is 1.45. The number of carbonyl (C=O) groups excluding carboxylic acids is 3. The molecule has 1 saturated heterocycles. The van der Waals surface area contributed by atoms with E-state index >= 15 is 0 Å². The van der Waals surface area contributed by atoms with Crippen molar-refractivity contribution in [3.63, 3.8) is 0 Å². The highest BCUT2D eigenvalue weighted by Gasteiger charge is 2.28. The van der Waals surface area contributed by atoms with Crippen molar-refractivity contribution in [1.29, 1.82) is 0 Å². The zero-order chi connectivity index (χ0) is 29.7. The van der Waals surface area contributed by atoms with Crippen LogP contribution in [0.5, 0.6) is 5.75 Å². The van der Waals surface area contributed by atoms with E-state index in [9.17, 15) is 23.2 Å². The smallest absolute Gasteiger partial charge is 0.291 e. The van der Waals surface area contributed by atoms with Gasteiger partial charge in [-0.1, -0.05) is 6.92 Å². The SMILES string of the molecule is CCc1cc(NC(=O)c2ncc(-c3ccc(OC)c(F)c3F)n2C)ccc1C(=O)N1CCC(C(=O)NCCN)CC1. The Bertz CT molecular complexity index is 1450. The molecule has 1 aromatic heterocycles. The average Bonchev–Trinajstić information content (AvgIpc) is 3.37. The van der Waals surface area contributed by atoms with Gasteiger partial charge in [0.05, 0.1) is 19.0 Å². The van der Waals surface area contributed by atoms with Crippen molar-refractivity contribution in [3.05, 3.63) is 65.1 Å². The van der Waals surface area contributed by atoms with Crippen LogP contribution >= 0.6 is 0 Å². The van der Waals surface area contributed by atoms with Gasteiger partial charge in [-0.05, 0) is 55.2 Å². The van der Waals surface area contributed by atoms with Crippen LogP contribution in [0.1, 0.15) is 46.3 Å². The molecule has 0 radical (unpaired) electrons. The number of aromatic nitrogens is 2. The molecule has 2 aromatic carbocycles. The minimum absolute atomic E-state index is 0.00722. The Morgan fingerprint density at radius 1 is 1.12 bits per heavy atom. The number of likely N-dealkylation sites (tertiary alicyclic amines) is 1. The van der Waals surface area contributed by atoms with Gasteiger partial charge in [0, 0.05) is 56.0 Å². The molecular weight excluding hydrogens is 534 g/mol. The number of carbonyl (C=O) groups is 3. The maximum atomic E-state index is 14.6. The van der Waals surface area contributed by atoms with Crippen molar-refractivity contribution in [1.82, 2.24) is 19.8 Å². The molecule has 0 aliphatic carbocycles. The minimum atomic E-state index is -1.13. The molecule has 12 heteroatoms. The molecule has 0 unspecified atom stereocenters. The summed E-state index contributed by atoms with van der Waals surface area (Å²) in [6.07, 6.45) is 3.01. The van der Waals surface area contributed by atoms with E-state index in [-0.39, 0.29) is 40.6 Å². The molecule has 1 aliphatic heterocycles. The first kappa shape index (κ1) is 29.7. The first-order valence-electron chi connectivity index (χ1n) is 13.5. The van der Waals surface area contributed by atoms with Crippen LogP contribution < -0.4 is 21.1 Å². The normalized spacial score (nSPS) is 13.7. The third kappa shape index (κ3) is 6.22. The topological polar surface area (TPSA) is 132 Å². The molecule has 4 rings (SSSR count). The summed E-state index contributed by atoms with van der Waals surface area (Å²) in [6.45, 7) is 3.68. The highest BCUT2D eigenvalue weighted by molar-refractivity contribution is 6.03. The molecule has 4 N–H and O–H groups in total. The Morgan fingerprint density at radius 2 is 1.85 bits per heavy atom. The van der Waals surface area contributed by atoms with Crippen LogP contribution in [0, 0.1) is 17.6 Å². The molecule has 3 aromatic rings. The van der Waals surface area contributed by atoms with Crippen molar-refractivity contribution in [2.45, 2.75) is 26.2 Å². The fourth-order valence-electron chi connectivity index (χ4n) is 4.97. The number of halogens is 2. The van der Waals surface area contributed by atoms with Crippen LogP contribution in [-0.4, -0.2) is 65.5 Å². The molecule has 3 amide bonds. The summed E-state index contributed by atoms with van der Waals surface area (Å²) in [5.74, 6) is -3.31. The van der Waals surface area contributed by atoms with Crippen LogP contribution in [0.3, 0.4) is 0 Å². The van der Waals surface area contributed by atoms with Gasteiger partial charge < -0.3 is 30.6 Å². The molecule has 10 nitrogen and oxygen atoms in total. The molecule has 41 heavy (non-hydrogen) atoms. The van der Waals surface area contributed by atoms with Crippen LogP contribution in [0.4, 0.5) is 14.5 Å². The Labute approximate surface area is 236 Å². The van der Waals surface area contributed by atoms with E-state index in [1.54, 1.807) is 23.1 Å².